The van der Waals surface area contributed by atoms with E-state index in [-0.39, 0.29) is 0 Å². The van der Waals surface area contributed by atoms with Gasteiger partial charge >= 0.3 is 18.0 Å². The zero-order chi connectivity index (χ0) is 19.1. The highest BCUT2D eigenvalue weighted by Crippen LogP contribution is 2.54. The summed E-state index contributed by atoms with van der Waals surface area (Å²) in [4.78, 5) is 6.77. The minimum atomic E-state index is -6.60. The van der Waals surface area contributed by atoms with E-state index in [1.807, 2.05) is 0 Å². The molecular formula is C11H11F7N6O. The second-order valence-corrected chi connectivity index (χ2v) is 5.22. The van der Waals surface area contributed by atoms with Gasteiger partial charge in [-0.15, -0.1) is 0 Å². The standard InChI is InChI=1S/C11H11F7N6O/c1-7(24-6-20-4-22-24)8(25,2-23-5-19-3-21-23)9(12,13)10(14,15)11(16,17)18/h3-7,25H,2H2,1H3. The van der Waals surface area contributed by atoms with Crippen LogP contribution in [0, 0.1) is 0 Å². The molecule has 0 saturated heterocycles. The highest BCUT2D eigenvalue weighted by atomic mass is 19.4. The average molecular weight is 376 g/mol. The van der Waals surface area contributed by atoms with Crippen LogP contribution in [0.1, 0.15) is 13.0 Å². The van der Waals surface area contributed by atoms with Crippen LogP contribution in [0.2, 0.25) is 0 Å². The van der Waals surface area contributed by atoms with Crippen LogP contribution in [0.5, 0.6) is 0 Å². The number of halogens is 7. The minimum Gasteiger partial charge on any atom is -0.379 e. The number of aromatic nitrogens is 6. The molecule has 2 rings (SSSR count). The molecule has 0 amide bonds. The van der Waals surface area contributed by atoms with Gasteiger partial charge in [0.05, 0.1) is 12.6 Å². The Balaban J connectivity index is 2.57. The number of nitrogens with zero attached hydrogens (tertiary/aromatic N) is 6. The molecule has 7 nitrogen and oxygen atoms in total. The fourth-order valence-electron chi connectivity index (χ4n) is 2.14. The first kappa shape index (κ1) is 19.1. The molecule has 2 aromatic rings. The molecule has 2 aromatic heterocycles. The fraction of sp³-hybridized carbons (Fsp3) is 0.636. The van der Waals surface area contributed by atoms with Gasteiger partial charge in [-0.05, 0) is 6.92 Å². The number of aliphatic hydroxyl groups is 1. The second-order valence-electron chi connectivity index (χ2n) is 5.22. The van der Waals surface area contributed by atoms with E-state index in [0.29, 0.717) is 9.36 Å². The summed E-state index contributed by atoms with van der Waals surface area (Å²) in [6, 6.07) is -2.03. The highest BCUT2D eigenvalue weighted by molar-refractivity contribution is 5.08. The predicted molar refractivity (Wildman–Crippen MR) is 65.7 cm³/mol. The van der Waals surface area contributed by atoms with Crippen LogP contribution < -0.4 is 0 Å². The van der Waals surface area contributed by atoms with Crippen molar-refractivity contribution in [3.05, 3.63) is 25.3 Å². The number of hydrogen-bond acceptors (Lipinski definition) is 5. The van der Waals surface area contributed by atoms with Gasteiger partial charge in [0.1, 0.15) is 25.3 Å². The lowest BCUT2D eigenvalue weighted by Crippen LogP contribution is -2.67. The van der Waals surface area contributed by atoms with Crippen molar-refractivity contribution in [3.63, 3.8) is 0 Å². The van der Waals surface area contributed by atoms with Crippen molar-refractivity contribution in [2.75, 3.05) is 0 Å². The molecule has 0 aliphatic rings. The molecule has 2 unspecified atom stereocenters. The van der Waals surface area contributed by atoms with E-state index in [1.54, 1.807) is 0 Å². The predicted octanol–water partition coefficient (Wildman–Crippen LogP) is 1.69. The first-order chi connectivity index (χ1) is 11.3. The molecule has 140 valence electrons. The Morgan fingerprint density at radius 3 is 1.92 bits per heavy atom. The second kappa shape index (κ2) is 5.93. The molecule has 0 saturated carbocycles. The molecule has 25 heavy (non-hydrogen) atoms. The maximum Gasteiger partial charge on any atom is 0.459 e. The molecule has 14 heteroatoms. The van der Waals surface area contributed by atoms with Gasteiger partial charge in [0.2, 0.25) is 0 Å². The van der Waals surface area contributed by atoms with Gasteiger partial charge in [0.25, 0.3) is 0 Å². The topological polar surface area (TPSA) is 81.6 Å². The van der Waals surface area contributed by atoms with Gasteiger partial charge in [0, 0.05) is 0 Å². The van der Waals surface area contributed by atoms with Gasteiger partial charge in [-0.25, -0.2) is 19.3 Å². The van der Waals surface area contributed by atoms with Crippen LogP contribution in [0.15, 0.2) is 25.3 Å². The van der Waals surface area contributed by atoms with Gasteiger partial charge in [-0.1, -0.05) is 0 Å². The lowest BCUT2D eigenvalue weighted by Gasteiger charge is -2.43. The summed E-state index contributed by atoms with van der Waals surface area (Å²) >= 11 is 0. The number of hydrogen-bond donors (Lipinski definition) is 1. The Kier molecular flexibility index (Phi) is 4.52. The molecule has 0 aliphatic carbocycles. The average Bonchev–Trinajstić information content (AvgIpc) is 3.17. The third-order valence-electron chi connectivity index (χ3n) is 3.69. The Hall–Kier alpha value is -2.25. The molecule has 0 bridgehead atoms. The van der Waals surface area contributed by atoms with E-state index in [1.165, 1.54) is 0 Å². The molecule has 0 radical (unpaired) electrons. The SMILES string of the molecule is CC(n1cncn1)C(O)(Cn1cncn1)C(F)(F)C(F)(F)C(F)(F)F. The van der Waals surface area contributed by atoms with Gasteiger partial charge in [-0.3, -0.25) is 0 Å². The van der Waals surface area contributed by atoms with Gasteiger partial charge in [-0.2, -0.15) is 40.9 Å². The Bertz CT molecular complexity index is 686. The van der Waals surface area contributed by atoms with Gasteiger partial charge in [0.15, 0.2) is 5.60 Å². The maximum atomic E-state index is 14.3. The van der Waals surface area contributed by atoms with Crippen molar-refractivity contribution < 1.29 is 35.8 Å². The van der Waals surface area contributed by atoms with Crippen molar-refractivity contribution in [2.45, 2.75) is 43.1 Å². The summed E-state index contributed by atoms with van der Waals surface area (Å²) in [6.07, 6.45) is -3.36. The molecule has 0 aromatic carbocycles. The first-order valence-electron chi connectivity index (χ1n) is 6.56. The third kappa shape index (κ3) is 2.94. The first-order valence-corrected chi connectivity index (χ1v) is 6.56. The Morgan fingerprint density at radius 1 is 0.920 bits per heavy atom. The largest absolute Gasteiger partial charge is 0.459 e. The molecule has 2 heterocycles. The van der Waals surface area contributed by atoms with E-state index < -0.39 is 36.2 Å². The quantitative estimate of drug-likeness (QED) is 0.776. The molecule has 1 N–H and O–H groups in total. The Morgan fingerprint density at radius 2 is 1.48 bits per heavy atom. The molecule has 0 aliphatic heterocycles. The van der Waals surface area contributed by atoms with E-state index in [2.05, 4.69) is 20.2 Å². The van der Waals surface area contributed by atoms with Crippen LogP contribution in [0.25, 0.3) is 0 Å². The maximum absolute atomic E-state index is 14.3. The Labute approximate surface area is 135 Å². The van der Waals surface area contributed by atoms with Crippen LogP contribution >= 0.6 is 0 Å². The molecule has 2 atom stereocenters. The van der Waals surface area contributed by atoms with Crippen molar-refractivity contribution in [1.29, 1.82) is 0 Å². The summed E-state index contributed by atoms with van der Waals surface area (Å²) in [5, 5.41) is 17.1. The molecule has 0 fully saturated rings. The van der Waals surface area contributed by atoms with E-state index in [4.69, 9.17) is 0 Å². The van der Waals surface area contributed by atoms with Crippen molar-refractivity contribution in [3.8, 4) is 0 Å². The minimum absolute atomic E-state index is 0.508. The van der Waals surface area contributed by atoms with Crippen molar-refractivity contribution in [2.24, 2.45) is 0 Å². The highest BCUT2D eigenvalue weighted by Gasteiger charge is 2.80. The smallest absolute Gasteiger partial charge is 0.379 e. The van der Waals surface area contributed by atoms with Gasteiger partial charge < -0.3 is 5.11 Å². The number of rotatable bonds is 6. The fourth-order valence-corrected chi connectivity index (χ4v) is 2.14. The summed E-state index contributed by atoms with van der Waals surface area (Å²) in [5.41, 5.74) is -3.94. The lowest BCUT2D eigenvalue weighted by atomic mass is 9.84. The van der Waals surface area contributed by atoms with Crippen LogP contribution in [0.4, 0.5) is 30.7 Å². The summed E-state index contributed by atoms with van der Waals surface area (Å²) in [6.45, 7) is -0.612. The summed E-state index contributed by atoms with van der Waals surface area (Å²) < 4.78 is 94.3. The van der Waals surface area contributed by atoms with E-state index >= 15 is 0 Å². The van der Waals surface area contributed by atoms with Crippen molar-refractivity contribution >= 4 is 0 Å². The lowest BCUT2D eigenvalue weighted by molar-refractivity contribution is -0.394. The number of alkyl halides is 7. The molecule has 0 spiro atoms. The zero-order valence-electron chi connectivity index (χ0n) is 12.4. The zero-order valence-corrected chi connectivity index (χ0v) is 12.4. The molecular weight excluding hydrogens is 365 g/mol. The normalized spacial score (nSPS) is 17.3. The monoisotopic (exact) mass is 376 g/mol. The summed E-state index contributed by atoms with van der Waals surface area (Å²) in [7, 11) is 0. The van der Waals surface area contributed by atoms with E-state index in [0.717, 1.165) is 32.2 Å². The van der Waals surface area contributed by atoms with Crippen LogP contribution in [-0.2, 0) is 6.54 Å². The van der Waals surface area contributed by atoms with Crippen LogP contribution in [0.3, 0.4) is 0 Å². The van der Waals surface area contributed by atoms with E-state index in [9.17, 15) is 35.8 Å². The van der Waals surface area contributed by atoms with Crippen molar-refractivity contribution in [1.82, 2.24) is 29.5 Å². The summed E-state index contributed by atoms with van der Waals surface area (Å²) in [5.74, 6) is -12.5. The third-order valence-corrected chi connectivity index (χ3v) is 3.69. The van der Waals surface area contributed by atoms with Crippen LogP contribution in [-0.4, -0.2) is 58.3 Å².